The Morgan fingerprint density at radius 3 is 2.57 bits per heavy atom. The largest absolute Gasteiger partial charge is 0.341 e. The van der Waals surface area contributed by atoms with Crippen molar-refractivity contribution in [2.24, 2.45) is 0 Å². The first-order valence-corrected chi connectivity index (χ1v) is 8.41. The minimum absolute atomic E-state index is 0. The molecule has 1 aromatic heterocycles. The summed E-state index contributed by atoms with van der Waals surface area (Å²) in [7, 11) is 0. The van der Waals surface area contributed by atoms with E-state index >= 15 is 0 Å². The van der Waals surface area contributed by atoms with Gasteiger partial charge in [0, 0.05) is 16.3 Å². The van der Waals surface area contributed by atoms with Crippen LogP contribution in [0.15, 0.2) is 34.9 Å². The van der Waals surface area contributed by atoms with E-state index in [1.807, 2.05) is 30.1 Å². The molecule has 2 aromatic rings. The fourth-order valence-corrected chi connectivity index (χ4v) is 3.29. The molecule has 0 unspecified atom stereocenters. The van der Waals surface area contributed by atoms with Crippen LogP contribution >= 0.6 is 52.5 Å². The second-order valence-corrected chi connectivity index (χ2v) is 6.80. The fraction of sp³-hybridized carbons (Fsp3) is 0.357. The zero-order valence-electron chi connectivity index (χ0n) is 11.5. The van der Waals surface area contributed by atoms with E-state index in [0.717, 1.165) is 29.0 Å². The summed E-state index contributed by atoms with van der Waals surface area (Å²) in [5, 5.41) is 4.23. The molecule has 1 fully saturated rings. The number of thioether (sulfide) groups is 1. The highest BCUT2D eigenvalue weighted by molar-refractivity contribution is 9.10. The molecule has 0 aliphatic carbocycles. The van der Waals surface area contributed by atoms with Crippen LogP contribution in [0.1, 0.15) is 18.3 Å². The van der Waals surface area contributed by atoms with E-state index in [4.69, 9.17) is 0 Å². The highest BCUT2D eigenvalue weighted by Gasteiger charge is 2.26. The second kappa shape index (κ2) is 8.44. The molecule has 1 aromatic carbocycles. The Kier molecular flexibility index (Phi) is 7.57. The molecule has 7 heteroatoms. The number of hydrogen-bond donors (Lipinski definition) is 2. The SMILES string of the molecule is CS[C@@H]1CN[C@H](c2ncc(-c3ccc(Br)cc3)[nH]2)C1.Cl.Cl. The maximum Gasteiger partial charge on any atom is 0.123 e. The Morgan fingerprint density at radius 2 is 1.95 bits per heavy atom. The summed E-state index contributed by atoms with van der Waals surface area (Å²) in [4.78, 5) is 7.96. The van der Waals surface area contributed by atoms with Crippen molar-refractivity contribution < 1.29 is 0 Å². The number of rotatable bonds is 3. The van der Waals surface area contributed by atoms with Crippen molar-refractivity contribution in [3.05, 3.63) is 40.8 Å². The molecular formula is C14H18BrCl2N3S. The topological polar surface area (TPSA) is 40.7 Å². The fourth-order valence-electron chi connectivity index (χ4n) is 2.38. The number of nitrogens with zero attached hydrogens (tertiary/aromatic N) is 1. The van der Waals surface area contributed by atoms with Crippen LogP contribution in [0.25, 0.3) is 11.3 Å². The summed E-state index contributed by atoms with van der Waals surface area (Å²) in [6, 6.07) is 8.64. The Hall–Kier alpha value is -0.200. The number of benzene rings is 1. The predicted molar refractivity (Wildman–Crippen MR) is 98.9 cm³/mol. The Balaban J connectivity index is 0.00000110. The predicted octanol–water partition coefficient (Wildman–Crippen LogP) is 4.45. The summed E-state index contributed by atoms with van der Waals surface area (Å²) in [5.41, 5.74) is 2.25. The molecule has 1 aliphatic rings. The van der Waals surface area contributed by atoms with Crippen molar-refractivity contribution in [2.45, 2.75) is 17.7 Å². The van der Waals surface area contributed by atoms with Crippen LogP contribution < -0.4 is 5.32 Å². The number of nitrogens with one attached hydrogen (secondary N) is 2. The van der Waals surface area contributed by atoms with Gasteiger partial charge in [-0.3, -0.25) is 0 Å². The van der Waals surface area contributed by atoms with Crippen LogP contribution in [-0.2, 0) is 0 Å². The van der Waals surface area contributed by atoms with Crippen molar-refractivity contribution >= 4 is 52.5 Å². The van der Waals surface area contributed by atoms with E-state index in [1.165, 1.54) is 5.56 Å². The molecule has 116 valence electrons. The first-order valence-electron chi connectivity index (χ1n) is 6.33. The quantitative estimate of drug-likeness (QED) is 0.785. The third-order valence-corrected chi connectivity index (χ3v) is 5.06. The number of aromatic amines is 1. The number of H-pyrrole nitrogens is 1. The van der Waals surface area contributed by atoms with Gasteiger partial charge in [-0.05, 0) is 30.4 Å². The molecule has 0 spiro atoms. The van der Waals surface area contributed by atoms with E-state index in [1.54, 1.807) is 0 Å². The van der Waals surface area contributed by atoms with Gasteiger partial charge in [-0.1, -0.05) is 28.1 Å². The molecule has 1 aliphatic heterocycles. The molecule has 3 nitrogen and oxygen atoms in total. The molecule has 0 radical (unpaired) electrons. The summed E-state index contributed by atoms with van der Waals surface area (Å²) in [6.07, 6.45) is 5.24. The number of aromatic nitrogens is 2. The third kappa shape index (κ3) is 4.39. The second-order valence-electron chi connectivity index (χ2n) is 4.74. The van der Waals surface area contributed by atoms with Crippen LogP contribution in [0.4, 0.5) is 0 Å². The average molecular weight is 411 g/mol. The molecule has 3 rings (SSSR count). The molecular weight excluding hydrogens is 393 g/mol. The van der Waals surface area contributed by atoms with Gasteiger partial charge in [0.25, 0.3) is 0 Å². The minimum atomic E-state index is 0. The van der Waals surface area contributed by atoms with Crippen molar-refractivity contribution in [2.75, 3.05) is 12.8 Å². The van der Waals surface area contributed by atoms with Crippen LogP contribution in [-0.4, -0.2) is 28.0 Å². The Bertz CT molecular complexity index is 562. The molecule has 1 saturated heterocycles. The maximum absolute atomic E-state index is 4.53. The molecule has 0 bridgehead atoms. The van der Waals surface area contributed by atoms with E-state index in [-0.39, 0.29) is 24.8 Å². The zero-order chi connectivity index (χ0) is 13.2. The van der Waals surface area contributed by atoms with Gasteiger partial charge in [-0.15, -0.1) is 24.8 Å². The van der Waals surface area contributed by atoms with E-state index in [0.29, 0.717) is 11.3 Å². The van der Waals surface area contributed by atoms with Gasteiger partial charge >= 0.3 is 0 Å². The van der Waals surface area contributed by atoms with E-state index in [9.17, 15) is 0 Å². The van der Waals surface area contributed by atoms with Gasteiger partial charge in [-0.25, -0.2) is 4.98 Å². The van der Waals surface area contributed by atoms with Crippen molar-refractivity contribution in [3.63, 3.8) is 0 Å². The molecule has 2 atom stereocenters. The molecule has 2 N–H and O–H groups in total. The normalized spacial score (nSPS) is 20.7. The lowest BCUT2D eigenvalue weighted by molar-refractivity contribution is 0.613. The van der Waals surface area contributed by atoms with Crippen LogP contribution in [0, 0.1) is 0 Å². The van der Waals surface area contributed by atoms with Crippen molar-refractivity contribution in [1.29, 1.82) is 0 Å². The lowest BCUT2D eigenvalue weighted by Crippen LogP contribution is -2.15. The highest BCUT2D eigenvalue weighted by atomic mass is 79.9. The first kappa shape index (κ1) is 18.8. The van der Waals surface area contributed by atoms with E-state index in [2.05, 4.69) is 49.6 Å². The van der Waals surface area contributed by atoms with Crippen LogP contribution in [0.5, 0.6) is 0 Å². The van der Waals surface area contributed by atoms with Crippen LogP contribution in [0.2, 0.25) is 0 Å². The van der Waals surface area contributed by atoms with Crippen molar-refractivity contribution in [1.82, 2.24) is 15.3 Å². The molecule has 0 saturated carbocycles. The number of imidazole rings is 1. The van der Waals surface area contributed by atoms with Gasteiger partial charge in [0.1, 0.15) is 5.82 Å². The monoisotopic (exact) mass is 409 g/mol. The first-order chi connectivity index (χ1) is 9.26. The van der Waals surface area contributed by atoms with Gasteiger partial charge in [0.2, 0.25) is 0 Å². The Morgan fingerprint density at radius 1 is 1.24 bits per heavy atom. The van der Waals surface area contributed by atoms with E-state index < -0.39 is 0 Å². The average Bonchev–Trinajstić information content (AvgIpc) is 3.08. The summed E-state index contributed by atoms with van der Waals surface area (Å²) in [6.45, 7) is 1.07. The maximum atomic E-state index is 4.53. The summed E-state index contributed by atoms with van der Waals surface area (Å²) in [5.74, 6) is 1.05. The lowest BCUT2D eigenvalue weighted by Gasteiger charge is -2.06. The number of halogens is 3. The van der Waals surface area contributed by atoms with Crippen LogP contribution in [0.3, 0.4) is 0 Å². The lowest BCUT2D eigenvalue weighted by atomic mass is 10.2. The standard InChI is InChI=1S/C14H16BrN3S.2ClH/c1-19-11-6-12(16-7-11)14-17-8-13(18-14)9-2-4-10(15)5-3-9;;/h2-5,8,11-12,16H,6-7H2,1H3,(H,17,18);2*1H/t11-,12-;;/m0../s1. The third-order valence-electron chi connectivity index (χ3n) is 3.50. The summed E-state index contributed by atoms with van der Waals surface area (Å²) < 4.78 is 1.09. The number of hydrogen-bond acceptors (Lipinski definition) is 3. The highest BCUT2D eigenvalue weighted by Crippen LogP contribution is 2.29. The molecule has 2 heterocycles. The Labute approximate surface area is 150 Å². The minimum Gasteiger partial charge on any atom is -0.341 e. The summed E-state index contributed by atoms with van der Waals surface area (Å²) >= 11 is 5.38. The smallest absolute Gasteiger partial charge is 0.123 e. The van der Waals surface area contributed by atoms with Gasteiger partial charge in [0.05, 0.1) is 17.9 Å². The zero-order valence-corrected chi connectivity index (χ0v) is 15.5. The molecule has 0 amide bonds. The van der Waals surface area contributed by atoms with Crippen molar-refractivity contribution in [3.8, 4) is 11.3 Å². The van der Waals surface area contributed by atoms with Gasteiger partial charge in [0.15, 0.2) is 0 Å². The van der Waals surface area contributed by atoms with Gasteiger partial charge < -0.3 is 10.3 Å². The molecule has 21 heavy (non-hydrogen) atoms. The van der Waals surface area contributed by atoms with Gasteiger partial charge in [-0.2, -0.15) is 11.8 Å².